The Bertz CT molecular complexity index is 824. The summed E-state index contributed by atoms with van der Waals surface area (Å²) < 4.78 is 15.7. The molecule has 0 saturated heterocycles. The summed E-state index contributed by atoms with van der Waals surface area (Å²) in [5.41, 5.74) is 2.24. The van der Waals surface area contributed by atoms with Gasteiger partial charge in [0.25, 0.3) is 5.91 Å². The molecule has 30 heavy (non-hydrogen) atoms. The van der Waals surface area contributed by atoms with E-state index >= 15 is 0 Å². The van der Waals surface area contributed by atoms with Gasteiger partial charge in [-0.1, -0.05) is 31.9 Å². The number of hydrogen-bond donors (Lipinski definition) is 2. The first-order chi connectivity index (χ1) is 14.5. The first-order valence-electron chi connectivity index (χ1n) is 9.99. The van der Waals surface area contributed by atoms with E-state index < -0.39 is 5.91 Å². The molecule has 2 aromatic rings. The number of ether oxygens (including phenoxy) is 3. The Balaban J connectivity index is 1.92. The third-order valence-electron chi connectivity index (χ3n) is 4.64. The molecule has 0 atom stereocenters. The predicted octanol–water partition coefficient (Wildman–Crippen LogP) is 3.81. The first kappa shape index (κ1) is 23.1. The quantitative estimate of drug-likeness (QED) is 0.546. The van der Waals surface area contributed by atoms with Crippen LogP contribution < -0.4 is 24.8 Å². The van der Waals surface area contributed by atoms with Gasteiger partial charge in [0.15, 0.2) is 11.5 Å². The van der Waals surface area contributed by atoms with Crippen LogP contribution in [0.3, 0.4) is 0 Å². The van der Waals surface area contributed by atoms with Gasteiger partial charge in [-0.25, -0.2) is 0 Å². The van der Waals surface area contributed by atoms with Crippen LogP contribution in [-0.2, 0) is 11.2 Å². The van der Waals surface area contributed by atoms with Gasteiger partial charge < -0.3 is 24.8 Å². The van der Waals surface area contributed by atoms with Crippen LogP contribution in [0.4, 0.5) is 5.69 Å². The molecule has 0 spiro atoms. The Morgan fingerprint density at radius 2 is 1.53 bits per heavy atom. The maximum absolute atomic E-state index is 12.5. The summed E-state index contributed by atoms with van der Waals surface area (Å²) in [6.45, 7) is 2.02. The SMILES string of the molecule is CCCCCc1ccc(NC(=O)CNC(=O)c2cc(OC)c(OC)c(OC)c2)cc1. The van der Waals surface area contributed by atoms with E-state index in [0.717, 1.165) is 12.8 Å². The summed E-state index contributed by atoms with van der Waals surface area (Å²) >= 11 is 0. The number of methoxy groups -OCH3 is 3. The van der Waals surface area contributed by atoms with E-state index in [1.807, 2.05) is 24.3 Å². The van der Waals surface area contributed by atoms with Gasteiger partial charge in [0.2, 0.25) is 11.7 Å². The molecule has 0 aliphatic carbocycles. The van der Waals surface area contributed by atoms with Gasteiger partial charge in [-0.3, -0.25) is 9.59 Å². The summed E-state index contributed by atoms with van der Waals surface area (Å²) in [5.74, 6) is 0.397. The molecule has 0 unspecified atom stereocenters. The Morgan fingerprint density at radius 3 is 2.07 bits per heavy atom. The van der Waals surface area contributed by atoms with Gasteiger partial charge in [-0.05, 0) is 42.7 Å². The van der Waals surface area contributed by atoms with E-state index in [0.29, 0.717) is 28.5 Å². The van der Waals surface area contributed by atoms with Crippen molar-refractivity contribution in [1.82, 2.24) is 5.32 Å². The number of unbranched alkanes of at least 4 members (excludes halogenated alkanes) is 2. The minimum atomic E-state index is -0.421. The van der Waals surface area contributed by atoms with Crippen molar-refractivity contribution in [2.75, 3.05) is 33.2 Å². The molecule has 162 valence electrons. The van der Waals surface area contributed by atoms with E-state index in [4.69, 9.17) is 14.2 Å². The maximum atomic E-state index is 12.5. The Labute approximate surface area is 177 Å². The van der Waals surface area contributed by atoms with E-state index in [-0.39, 0.29) is 12.5 Å². The number of aryl methyl sites for hydroxylation is 1. The van der Waals surface area contributed by atoms with Crippen molar-refractivity contribution in [3.05, 3.63) is 47.5 Å². The van der Waals surface area contributed by atoms with Crippen LogP contribution in [-0.4, -0.2) is 39.7 Å². The van der Waals surface area contributed by atoms with Gasteiger partial charge in [-0.15, -0.1) is 0 Å². The van der Waals surface area contributed by atoms with E-state index in [9.17, 15) is 9.59 Å². The van der Waals surface area contributed by atoms with Crippen molar-refractivity contribution in [2.45, 2.75) is 32.6 Å². The molecule has 0 fully saturated rings. The molecule has 2 N–H and O–H groups in total. The highest BCUT2D eigenvalue weighted by Crippen LogP contribution is 2.38. The maximum Gasteiger partial charge on any atom is 0.251 e. The molecule has 7 heteroatoms. The highest BCUT2D eigenvalue weighted by atomic mass is 16.5. The normalized spacial score (nSPS) is 10.3. The molecule has 0 bridgehead atoms. The average Bonchev–Trinajstić information content (AvgIpc) is 2.77. The van der Waals surface area contributed by atoms with Gasteiger partial charge >= 0.3 is 0 Å². The second-order valence-corrected chi connectivity index (χ2v) is 6.80. The molecule has 7 nitrogen and oxygen atoms in total. The van der Waals surface area contributed by atoms with Crippen molar-refractivity contribution in [1.29, 1.82) is 0 Å². The lowest BCUT2D eigenvalue weighted by Crippen LogP contribution is -2.32. The summed E-state index contributed by atoms with van der Waals surface area (Å²) in [5, 5.41) is 5.39. The topological polar surface area (TPSA) is 85.9 Å². The molecule has 0 aliphatic rings. The standard InChI is InChI=1S/C23H30N2O5/c1-5-6-7-8-16-9-11-18(12-10-16)25-21(26)15-24-23(27)17-13-19(28-2)22(30-4)20(14-17)29-3/h9-14H,5-8,15H2,1-4H3,(H,24,27)(H,25,26). The molecule has 2 amide bonds. The average molecular weight is 415 g/mol. The Hall–Kier alpha value is -3.22. The largest absolute Gasteiger partial charge is 0.493 e. The second-order valence-electron chi connectivity index (χ2n) is 6.80. The van der Waals surface area contributed by atoms with Crippen LogP contribution in [0.25, 0.3) is 0 Å². The van der Waals surface area contributed by atoms with Crippen LogP contribution in [0, 0.1) is 0 Å². The fourth-order valence-corrected chi connectivity index (χ4v) is 3.01. The summed E-state index contributed by atoms with van der Waals surface area (Å²) in [6.07, 6.45) is 4.60. The summed E-state index contributed by atoms with van der Waals surface area (Å²) in [4.78, 5) is 24.7. The van der Waals surface area contributed by atoms with Crippen LogP contribution in [0.15, 0.2) is 36.4 Å². The summed E-state index contributed by atoms with van der Waals surface area (Å²) in [6, 6.07) is 10.8. The fraction of sp³-hybridized carbons (Fsp3) is 0.391. The molecule has 0 heterocycles. The van der Waals surface area contributed by atoms with Crippen LogP contribution >= 0.6 is 0 Å². The molecule has 0 aliphatic heterocycles. The zero-order valence-corrected chi connectivity index (χ0v) is 18.0. The Morgan fingerprint density at radius 1 is 0.900 bits per heavy atom. The lowest BCUT2D eigenvalue weighted by Gasteiger charge is -2.14. The van der Waals surface area contributed by atoms with Gasteiger partial charge in [0.05, 0.1) is 27.9 Å². The lowest BCUT2D eigenvalue weighted by molar-refractivity contribution is -0.115. The number of carbonyl (C=O) groups is 2. The van der Waals surface area contributed by atoms with Crippen LogP contribution in [0.2, 0.25) is 0 Å². The van der Waals surface area contributed by atoms with Crippen molar-refractivity contribution in [2.24, 2.45) is 0 Å². The zero-order valence-electron chi connectivity index (χ0n) is 18.0. The number of hydrogen-bond acceptors (Lipinski definition) is 5. The number of rotatable bonds is 11. The summed E-state index contributed by atoms with van der Waals surface area (Å²) in [7, 11) is 4.44. The molecule has 0 aromatic heterocycles. The molecular formula is C23H30N2O5. The van der Waals surface area contributed by atoms with Crippen LogP contribution in [0.5, 0.6) is 17.2 Å². The smallest absolute Gasteiger partial charge is 0.251 e. The minimum Gasteiger partial charge on any atom is -0.493 e. The van der Waals surface area contributed by atoms with E-state index in [2.05, 4.69) is 17.6 Å². The fourth-order valence-electron chi connectivity index (χ4n) is 3.01. The molecule has 2 rings (SSSR count). The van der Waals surface area contributed by atoms with Gasteiger partial charge in [-0.2, -0.15) is 0 Å². The molecule has 2 aromatic carbocycles. The zero-order chi connectivity index (χ0) is 21.9. The minimum absolute atomic E-state index is 0.159. The second kappa shape index (κ2) is 11.7. The lowest BCUT2D eigenvalue weighted by atomic mass is 10.1. The highest BCUT2D eigenvalue weighted by molar-refractivity contribution is 6.00. The molecule has 0 saturated carbocycles. The third-order valence-corrected chi connectivity index (χ3v) is 4.64. The highest BCUT2D eigenvalue weighted by Gasteiger charge is 2.17. The predicted molar refractivity (Wildman–Crippen MR) is 117 cm³/mol. The van der Waals surface area contributed by atoms with Crippen molar-refractivity contribution >= 4 is 17.5 Å². The molecule has 0 radical (unpaired) electrons. The van der Waals surface area contributed by atoms with Crippen molar-refractivity contribution in [3.63, 3.8) is 0 Å². The van der Waals surface area contributed by atoms with Crippen molar-refractivity contribution < 1.29 is 23.8 Å². The molecular weight excluding hydrogens is 384 g/mol. The number of nitrogens with one attached hydrogen (secondary N) is 2. The van der Waals surface area contributed by atoms with E-state index in [1.165, 1.54) is 51.9 Å². The van der Waals surface area contributed by atoms with E-state index in [1.54, 1.807) is 0 Å². The van der Waals surface area contributed by atoms with Gasteiger partial charge in [0, 0.05) is 11.3 Å². The third kappa shape index (κ3) is 6.40. The van der Waals surface area contributed by atoms with Crippen molar-refractivity contribution in [3.8, 4) is 17.2 Å². The number of anilines is 1. The van der Waals surface area contributed by atoms with Gasteiger partial charge in [0.1, 0.15) is 0 Å². The number of carbonyl (C=O) groups excluding carboxylic acids is 2. The van der Waals surface area contributed by atoms with Crippen LogP contribution in [0.1, 0.15) is 42.1 Å². The number of benzene rings is 2. The monoisotopic (exact) mass is 414 g/mol. The Kier molecular flexibility index (Phi) is 9.00. The first-order valence-corrected chi connectivity index (χ1v) is 9.99. The number of amides is 2.